The zero-order valence-corrected chi connectivity index (χ0v) is 13.6. The molecular weight excluding hydrogens is 264 g/mol. The number of hydrogen-bond acceptors (Lipinski definition) is 3. The van der Waals surface area contributed by atoms with E-state index < -0.39 is 6.10 Å². The fourth-order valence-electron chi connectivity index (χ4n) is 2.62. The van der Waals surface area contributed by atoms with Crippen molar-refractivity contribution < 1.29 is 9.53 Å². The van der Waals surface area contributed by atoms with Crippen molar-refractivity contribution in [1.29, 1.82) is 0 Å². The Kier molecular flexibility index (Phi) is 5.23. The highest BCUT2D eigenvalue weighted by Crippen LogP contribution is 2.21. The molecule has 1 amide bonds. The molecule has 1 aliphatic rings. The van der Waals surface area contributed by atoms with Crippen LogP contribution in [0, 0.1) is 13.8 Å². The van der Waals surface area contributed by atoms with Crippen LogP contribution in [0.25, 0.3) is 0 Å². The number of carbonyl (C=O) groups is 1. The van der Waals surface area contributed by atoms with E-state index in [9.17, 15) is 4.79 Å². The SMILES string of the molecule is CCN1CCN(C(=O)C(C)Oc2cc(C)ccc2C)CC1. The van der Waals surface area contributed by atoms with Crippen molar-refractivity contribution in [1.82, 2.24) is 9.80 Å². The number of carbonyl (C=O) groups excluding carboxylic acids is 1. The summed E-state index contributed by atoms with van der Waals surface area (Å²) in [5.41, 5.74) is 2.21. The highest BCUT2D eigenvalue weighted by Gasteiger charge is 2.25. The highest BCUT2D eigenvalue weighted by atomic mass is 16.5. The van der Waals surface area contributed by atoms with E-state index in [0.29, 0.717) is 0 Å². The molecule has 4 heteroatoms. The minimum Gasteiger partial charge on any atom is -0.481 e. The number of ether oxygens (including phenoxy) is 1. The summed E-state index contributed by atoms with van der Waals surface area (Å²) in [6, 6.07) is 6.08. The maximum atomic E-state index is 12.5. The van der Waals surface area contributed by atoms with Crippen LogP contribution in [0.4, 0.5) is 0 Å². The van der Waals surface area contributed by atoms with Gasteiger partial charge in [0.15, 0.2) is 6.10 Å². The molecule has 2 rings (SSSR count). The largest absolute Gasteiger partial charge is 0.481 e. The maximum Gasteiger partial charge on any atom is 0.263 e. The van der Waals surface area contributed by atoms with Crippen molar-refractivity contribution >= 4 is 5.91 Å². The molecule has 1 aliphatic heterocycles. The molecule has 1 unspecified atom stereocenters. The lowest BCUT2D eigenvalue weighted by Gasteiger charge is -2.35. The molecule has 1 aromatic carbocycles. The molecule has 4 nitrogen and oxygen atoms in total. The predicted molar refractivity (Wildman–Crippen MR) is 84.7 cm³/mol. The van der Waals surface area contributed by atoms with Gasteiger partial charge in [-0.15, -0.1) is 0 Å². The van der Waals surface area contributed by atoms with Gasteiger partial charge in [0.1, 0.15) is 5.75 Å². The third kappa shape index (κ3) is 3.97. The smallest absolute Gasteiger partial charge is 0.263 e. The van der Waals surface area contributed by atoms with Gasteiger partial charge in [0, 0.05) is 26.2 Å². The Morgan fingerprint density at radius 3 is 2.52 bits per heavy atom. The quantitative estimate of drug-likeness (QED) is 0.852. The first-order valence-electron chi connectivity index (χ1n) is 7.76. The van der Waals surface area contributed by atoms with Crippen molar-refractivity contribution in [3.05, 3.63) is 29.3 Å². The van der Waals surface area contributed by atoms with Crippen LogP contribution < -0.4 is 4.74 Å². The van der Waals surface area contributed by atoms with Crippen molar-refractivity contribution in [3.63, 3.8) is 0 Å². The van der Waals surface area contributed by atoms with E-state index in [1.165, 1.54) is 0 Å². The van der Waals surface area contributed by atoms with Crippen LogP contribution in [0.1, 0.15) is 25.0 Å². The van der Waals surface area contributed by atoms with Gasteiger partial charge in [0.05, 0.1) is 0 Å². The fourth-order valence-corrected chi connectivity index (χ4v) is 2.62. The van der Waals surface area contributed by atoms with Gasteiger partial charge in [0.2, 0.25) is 0 Å². The second-order valence-corrected chi connectivity index (χ2v) is 5.79. The van der Waals surface area contributed by atoms with E-state index in [2.05, 4.69) is 17.9 Å². The zero-order valence-electron chi connectivity index (χ0n) is 13.6. The van der Waals surface area contributed by atoms with Crippen molar-refractivity contribution in [2.24, 2.45) is 0 Å². The van der Waals surface area contributed by atoms with E-state index in [0.717, 1.165) is 49.6 Å². The second kappa shape index (κ2) is 6.94. The molecule has 0 saturated carbocycles. The molecular formula is C17H26N2O2. The van der Waals surface area contributed by atoms with E-state index >= 15 is 0 Å². The molecule has 21 heavy (non-hydrogen) atoms. The summed E-state index contributed by atoms with van der Waals surface area (Å²) in [5, 5.41) is 0. The first kappa shape index (κ1) is 15.8. The number of piperazine rings is 1. The van der Waals surface area contributed by atoms with Gasteiger partial charge in [0.25, 0.3) is 5.91 Å². The van der Waals surface area contributed by atoms with Crippen LogP contribution in [0.15, 0.2) is 18.2 Å². The Morgan fingerprint density at radius 1 is 1.24 bits per heavy atom. The Hall–Kier alpha value is -1.55. The first-order valence-corrected chi connectivity index (χ1v) is 7.76. The molecule has 0 bridgehead atoms. The summed E-state index contributed by atoms with van der Waals surface area (Å²) in [6.45, 7) is 12.6. The zero-order chi connectivity index (χ0) is 15.4. The van der Waals surface area contributed by atoms with Crippen LogP contribution in [0.5, 0.6) is 5.75 Å². The summed E-state index contributed by atoms with van der Waals surface area (Å²) in [4.78, 5) is 16.8. The van der Waals surface area contributed by atoms with Crippen molar-refractivity contribution in [3.8, 4) is 5.75 Å². The summed E-state index contributed by atoms with van der Waals surface area (Å²) >= 11 is 0. The van der Waals surface area contributed by atoms with Crippen LogP contribution in [-0.2, 0) is 4.79 Å². The van der Waals surface area contributed by atoms with E-state index in [-0.39, 0.29) is 5.91 Å². The van der Waals surface area contributed by atoms with Gasteiger partial charge in [-0.1, -0.05) is 19.1 Å². The number of aryl methyl sites for hydroxylation is 2. The van der Waals surface area contributed by atoms with E-state index in [1.807, 2.05) is 37.8 Å². The molecule has 1 atom stereocenters. The monoisotopic (exact) mass is 290 g/mol. The highest BCUT2D eigenvalue weighted by molar-refractivity contribution is 5.81. The molecule has 0 spiro atoms. The predicted octanol–water partition coefficient (Wildman–Crippen LogP) is 2.23. The average Bonchev–Trinajstić information content (AvgIpc) is 2.50. The molecule has 0 aliphatic carbocycles. The number of hydrogen-bond donors (Lipinski definition) is 0. The molecule has 0 radical (unpaired) electrons. The summed E-state index contributed by atoms with van der Waals surface area (Å²) in [5.74, 6) is 0.898. The molecule has 1 heterocycles. The van der Waals surface area contributed by atoms with Crippen LogP contribution in [0.3, 0.4) is 0 Å². The Bertz CT molecular complexity index is 494. The second-order valence-electron chi connectivity index (χ2n) is 5.79. The number of amides is 1. The van der Waals surface area contributed by atoms with Crippen LogP contribution in [-0.4, -0.2) is 54.5 Å². The van der Waals surface area contributed by atoms with Gasteiger partial charge < -0.3 is 14.5 Å². The fraction of sp³-hybridized carbons (Fsp3) is 0.588. The molecule has 1 saturated heterocycles. The lowest BCUT2D eigenvalue weighted by Crippen LogP contribution is -2.51. The van der Waals surface area contributed by atoms with E-state index in [1.54, 1.807) is 0 Å². The number of likely N-dealkylation sites (N-methyl/N-ethyl adjacent to an activating group) is 1. The normalized spacial score (nSPS) is 17.6. The lowest BCUT2D eigenvalue weighted by atomic mass is 10.1. The number of benzene rings is 1. The molecule has 0 aromatic heterocycles. The minimum atomic E-state index is -0.432. The summed E-state index contributed by atoms with van der Waals surface area (Å²) in [7, 11) is 0. The van der Waals surface area contributed by atoms with Crippen molar-refractivity contribution in [2.75, 3.05) is 32.7 Å². The molecule has 116 valence electrons. The van der Waals surface area contributed by atoms with Gasteiger partial charge in [-0.25, -0.2) is 0 Å². The summed E-state index contributed by atoms with van der Waals surface area (Å²) in [6.07, 6.45) is -0.432. The third-order valence-corrected chi connectivity index (χ3v) is 4.13. The van der Waals surface area contributed by atoms with Crippen LogP contribution >= 0.6 is 0 Å². The first-order chi connectivity index (χ1) is 10.0. The Labute approximate surface area is 127 Å². The van der Waals surface area contributed by atoms with Gasteiger partial charge in [-0.05, 0) is 44.5 Å². The van der Waals surface area contributed by atoms with Gasteiger partial charge in [-0.2, -0.15) is 0 Å². The van der Waals surface area contributed by atoms with Crippen molar-refractivity contribution in [2.45, 2.75) is 33.8 Å². The summed E-state index contributed by atoms with van der Waals surface area (Å²) < 4.78 is 5.89. The molecule has 0 N–H and O–H groups in total. The van der Waals surface area contributed by atoms with Gasteiger partial charge >= 0.3 is 0 Å². The Balaban J connectivity index is 1.95. The molecule has 1 aromatic rings. The Morgan fingerprint density at radius 2 is 1.90 bits per heavy atom. The maximum absolute atomic E-state index is 12.5. The van der Waals surface area contributed by atoms with E-state index in [4.69, 9.17) is 4.74 Å². The topological polar surface area (TPSA) is 32.8 Å². The number of nitrogens with zero attached hydrogens (tertiary/aromatic N) is 2. The van der Waals surface area contributed by atoms with Gasteiger partial charge in [-0.3, -0.25) is 4.79 Å². The standard InChI is InChI=1S/C17H26N2O2/c1-5-18-8-10-19(11-9-18)17(20)15(4)21-16-12-13(2)6-7-14(16)3/h6-7,12,15H,5,8-11H2,1-4H3. The third-order valence-electron chi connectivity index (χ3n) is 4.13. The van der Waals surface area contributed by atoms with Crippen LogP contribution in [0.2, 0.25) is 0 Å². The molecule has 1 fully saturated rings. The lowest BCUT2D eigenvalue weighted by molar-refractivity contribution is -0.139. The number of rotatable bonds is 4. The average molecular weight is 290 g/mol. The minimum absolute atomic E-state index is 0.0895.